The maximum absolute atomic E-state index is 12.3. The Bertz CT molecular complexity index is 869. The van der Waals surface area contributed by atoms with Gasteiger partial charge in [-0.05, 0) is 36.8 Å². The molecule has 0 amide bonds. The molecule has 0 unspecified atom stereocenters. The third-order valence-electron chi connectivity index (χ3n) is 3.63. The van der Waals surface area contributed by atoms with Crippen molar-refractivity contribution in [1.82, 2.24) is 4.72 Å². The predicted molar refractivity (Wildman–Crippen MR) is 94.3 cm³/mol. The van der Waals surface area contributed by atoms with Crippen LogP contribution in [-0.4, -0.2) is 34.8 Å². The fraction of sp³-hybridized carbons (Fsp3) is 0.294. The summed E-state index contributed by atoms with van der Waals surface area (Å²) in [4.78, 5) is 0.120. The van der Waals surface area contributed by atoms with Crippen molar-refractivity contribution < 1.29 is 22.6 Å². The summed E-state index contributed by atoms with van der Waals surface area (Å²) in [6.45, 7) is 3.06. The molecule has 134 valence electrons. The van der Waals surface area contributed by atoms with Gasteiger partial charge in [-0.25, -0.2) is 13.1 Å². The van der Waals surface area contributed by atoms with Crippen molar-refractivity contribution in [2.45, 2.75) is 11.8 Å². The van der Waals surface area contributed by atoms with Crippen molar-refractivity contribution in [1.29, 1.82) is 0 Å². The van der Waals surface area contributed by atoms with Crippen LogP contribution in [-0.2, 0) is 10.0 Å². The van der Waals surface area contributed by atoms with Gasteiger partial charge in [0.15, 0.2) is 11.5 Å². The summed E-state index contributed by atoms with van der Waals surface area (Å²) in [5.74, 6) is 1.57. The Morgan fingerprint density at radius 1 is 1.12 bits per heavy atom. The highest BCUT2D eigenvalue weighted by molar-refractivity contribution is 7.89. The largest absolute Gasteiger partial charge is 0.492 e. The zero-order valence-electron chi connectivity index (χ0n) is 13.6. The van der Waals surface area contributed by atoms with Crippen LogP contribution in [0.2, 0.25) is 5.02 Å². The topological polar surface area (TPSA) is 73.9 Å². The lowest BCUT2D eigenvalue weighted by Crippen LogP contribution is -2.28. The second kappa shape index (κ2) is 7.51. The van der Waals surface area contributed by atoms with Gasteiger partial charge in [-0.2, -0.15) is 0 Å². The Morgan fingerprint density at radius 3 is 2.64 bits per heavy atom. The van der Waals surface area contributed by atoms with Crippen molar-refractivity contribution in [3.05, 3.63) is 47.0 Å². The highest BCUT2D eigenvalue weighted by Gasteiger charge is 2.19. The van der Waals surface area contributed by atoms with E-state index < -0.39 is 10.0 Å². The van der Waals surface area contributed by atoms with Gasteiger partial charge in [-0.1, -0.05) is 17.7 Å². The molecule has 0 spiro atoms. The number of fused-ring (bicyclic) bond motifs is 1. The number of rotatable bonds is 6. The van der Waals surface area contributed by atoms with E-state index in [2.05, 4.69) is 4.72 Å². The van der Waals surface area contributed by atoms with Gasteiger partial charge in [0.25, 0.3) is 0 Å². The molecular formula is C17H18ClNO5S. The number of hydrogen-bond acceptors (Lipinski definition) is 5. The van der Waals surface area contributed by atoms with Crippen LogP contribution >= 0.6 is 11.6 Å². The second-order valence-corrected chi connectivity index (χ2v) is 7.64. The fourth-order valence-corrected chi connectivity index (χ4v) is 3.48. The molecule has 1 N–H and O–H groups in total. The number of ether oxygens (including phenoxy) is 3. The second-order valence-electron chi connectivity index (χ2n) is 5.46. The summed E-state index contributed by atoms with van der Waals surface area (Å²) >= 11 is 6.02. The van der Waals surface area contributed by atoms with Gasteiger partial charge in [0.2, 0.25) is 10.0 Å². The van der Waals surface area contributed by atoms with Crippen LogP contribution in [0.5, 0.6) is 17.2 Å². The van der Waals surface area contributed by atoms with Gasteiger partial charge in [-0.15, -0.1) is 0 Å². The minimum atomic E-state index is -3.65. The number of aryl methyl sites for hydroxylation is 1. The minimum Gasteiger partial charge on any atom is -0.492 e. The fourth-order valence-electron chi connectivity index (χ4n) is 2.28. The molecule has 1 aliphatic heterocycles. The molecule has 0 aromatic heterocycles. The number of hydrogen-bond donors (Lipinski definition) is 1. The highest BCUT2D eigenvalue weighted by Crippen LogP contribution is 2.32. The summed E-state index contributed by atoms with van der Waals surface area (Å²) in [6, 6.07) is 9.86. The van der Waals surface area contributed by atoms with E-state index in [4.69, 9.17) is 25.8 Å². The first-order valence-corrected chi connectivity index (χ1v) is 9.60. The summed E-state index contributed by atoms with van der Waals surface area (Å²) in [6.07, 6.45) is 0. The SMILES string of the molecule is Cc1ccc(OCCNS(=O)(=O)c2ccc3c(c2)OCCO3)cc1Cl. The number of sulfonamides is 1. The quantitative estimate of drug-likeness (QED) is 0.776. The predicted octanol–water partition coefficient (Wildman–Crippen LogP) is 2.78. The average molecular weight is 384 g/mol. The van der Waals surface area contributed by atoms with Crippen molar-refractivity contribution >= 4 is 21.6 Å². The Labute approximate surface area is 151 Å². The lowest BCUT2D eigenvalue weighted by molar-refractivity contribution is 0.171. The zero-order valence-corrected chi connectivity index (χ0v) is 15.2. The Hall–Kier alpha value is -1.96. The normalized spacial score (nSPS) is 13.5. The first kappa shape index (κ1) is 17.8. The van der Waals surface area contributed by atoms with Crippen LogP contribution in [0.25, 0.3) is 0 Å². The molecule has 8 heteroatoms. The van der Waals surface area contributed by atoms with E-state index in [-0.39, 0.29) is 18.0 Å². The molecule has 0 aliphatic carbocycles. The van der Waals surface area contributed by atoms with Gasteiger partial charge in [0, 0.05) is 17.6 Å². The maximum Gasteiger partial charge on any atom is 0.240 e. The first-order chi connectivity index (χ1) is 12.0. The average Bonchev–Trinajstić information content (AvgIpc) is 2.61. The molecule has 1 heterocycles. The Balaban J connectivity index is 1.57. The molecule has 25 heavy (non-hydrogen) atoms. The Morgan fingerprint density at radius 2 is 1.88 bits per heavy atom. The van der Waals surface area contributed by atoms with Crippen molar-refractivity contribution in [3.8, 4) is 17.2 Å². The van der Waals surface area contributed by atoms with Gasteiger partial charge in [-0.3, -0.25) is 0 Å². The Kier molecular flexibility index (Phi) is 5.36. The zero-order chi connectivity index (χ0) is 17.9. The van der Waals surface area contributed by atoms with Crippen LogP contribution in [0.15, 0.2) is 41.3 Å². The van der Waals surface area contributed by atoms with Crippen LogP contribution < -0.4 is 18.9 Å². The third kappa shape index (κ3) is 4.36. The van der Waals surface area contributed by atoms with Crippen LogP contribution in [0, 0.1) is 6.92 Å². The van der Waals surface area contributed by atoms with Crippen LogP contribution in [0.3, 0.4) is 0 Å². The van der Waals surface area contributed by atoms with Crippen LogP contribution in [0.4, 0.5) is 0 Å². The van der Waals surface area contributed by atoms with E-state index >= 15 is 0 Å². The van der Waals surface area contributed by atoms with Crippen molar-refractivity contribution in [2.24, 2.45) is 0 Å². The van der Waals surface area contributed by atoms with E-state index in [1.807, 2.05) is 13.0 Å². The molecule has 2 aromatic carbocycles. The maximum atomic E-state index is 12.3. The molecule has 2 aromatic rings. The van der Waals surface area contributed by atoms with Crippen molar-refractivity contribution in [3.63, 3.8) is 0 Å². The lowest BCUT2D eigenvalue weighted by Gasteiger charge is -2.19. The van der Waals surface area contributed by atoms with E-state index in [9.17, 15) is 8.42 Å². The standard InChI is InChI=1S/C17H18ClNO5S/c1-12-2-3-13(10-15(12)18)22-7-6-19-25(20,21)14-4-5-16-17(11-14)24-9-8-23-16/h2-5,10-11,19H,6-9H2,1H3. The molecule has 6 nitrogen and oxygen atoms in total. The molecule has 0 saturated carbocycles. The lowest BCUT2D eigenvalue weighted by atomic mass is 10.2. The summed E-state index contributed by atoms with van der Waals surface area (Å²) in [5.41, 5.74) is 0.952. The van der Waals surface area contributed by atoms with Gasteiger partial charge >= 0.3 is 0 Å². The molecule has 1 aliphatic rings. The van der Waals surface area contributed by atoms with E-state index in [1.54, 1.807) is 18.2 Å². The monoisotopic (exact) mass is 383 g/mol. The number of nitrogens with one attached hydrogen (secondary N) is 1. The smallest absolute Gasteiger partial charge is 0.240 e. The minimum absolute atomic E-state index is 0.120. The number of benzene rings is 2. The molecule has 0 saturated heterocycles. The molecule has 0 atom stereocenters. The molecule has 0 fully saturated rings. The summed E-state index contributed by atoms with van der Waals surface area (Å²) in [7, 11) is -3.65. The first-order valence-electron chi connectivity index (χ1n) is 7.74. The van der Waals surface area contributed by atoms with Gasteiger partial charge < -0.3 is 14.2 Å². The van der Waals surface area contributed by atoms with Gasteiger partial charge in [0.1, 0.15) is 25.6 Å². The molecular weight excluding hydrogens is 366 g/mol. The molecule has 0 radical (unpaired) electrons. The van der Waals surface area contributed by atoms with Crippen LogP contribution in [0.1, 0.15) is 5.56 Å². The van der Waals surface area contributed by atoms with E-state index in [0.29, 0.717) is 35.5 Å². The van der Waals surface area contributed by atoms with E-state index in [0.717, 1.165) is 5.56 Å². The van der Waals surface area contributed by atoms with Gasteiger partial charge in [0.05, 0.1) is 4.90 Å². The highest BCUT2D eigenvalue weighted by atomic mass is 35.5. The summed E-state index contributed by atoms with van der Waals surface area (Å²) in [5, 5.41) is 0.606. The third-order valence-corrected chi connectivity index (χ3v) is 5.50. The molecule has 0 bridgehead atoms. The molecule has 3 rings (SSSR count). The number of halogens is 1. The summed E-state index contributed by atoms with van der Waals surface area (Å²) < 4.78 is 43.5. The van der Waals surface area contributed by atoms with Crippen molar-refractivity contribution in [2.75, 3.05) is 26.4 Å². The van der Waals surface area contributed by atoms with E-state index in [1.165, 1.54) is 12.1 Å².